The Bertz CT molecular complexity index is 991. The van der Waals surface area contributed by atoms with Crippen molar-refractivity contribution in [1.82, 2.24) is 14.8 Å². The minimum absolute atomic E-state index is 0.201. The molecule has 2 heterocycles. The van der Waals surface area contributed by atoms with E-state index in [1.54, 1.807) is 6.92 Å². The molecule has 0 aliphatic carbocycles. The van der Waals surface area contributed by atoms with Crippen molar-refractivity contribution >= 4 is 11.6 Å². The minimum Gasteiger partial charge on any atom is -0.322 e. The second kappa shape index (κ2) is 7.46. The zero-order chi connectivity index (χ0) is 20.5. The Morgan fingerprint density at radius 3 is 2.43 bits per heavy atom. The lowest BCUT2D eigenvalue weighted by Gasteiger charge is -2.13. The van der Waals surface area contributed by atoms with Crippen LogP contribution < -0.4 is 5.32 Å². The highest BCUT2D eigenvalue weighted by atomic mass is 19.4. The molecule has 1 N–H and O–H groups in total. The summed E-state index contributed by atoms with van der Waals surface area (Å²) in [6, 6.07) is 9.67. The van der Waals surface area contributed by atoms with Gasteiger partial charge in [0.15, 0.2) is 5.82 Å². The molecule has 0 atom stereocenters. The van der Waals surface area contributed by atoms with E-state index in [4.69, 9.17) is 0 Å². The molecular formula is C20H19F3N4O. The molecule has 1 amide bonds. The molecule has 0 spiro atoms. The topological polar surface area (TPSA) is 59.8 Å². The largest absolute Gasteiger partial charge is 0.417 e. The van der Waals surface area contributed by atoms with Crippen molar-refractivity contribution < 1.29 is 18.0 Å². The van der Waals surface area contributed by atoms with E-state index in [9.17, 15) is 18.0 Å². The molecule has 0 bridgehead atoms. The predicted molar refractivity (Wildman–Crippen MR) is 99.6 cm³/mol. The van der Waals surface area contributed by atoms with Gasteiger partial charge in [-0.05, 0) is 36.6 Å². The number of aromatic nitrogens is 3. The average molecular weight is 388 g/mol. The van der Waals surface area contributed by atoms with Crippen LogP contribution in [0, 0.1) is 6.92 Å². The number of carbonyl (C=O) groups excluding carboxylic acids is 1. The Hall–Kier alpha value is -3.16. The van der Waals surface area contributed by atoms with E-state index in [-0.39, 0.29) is 17.6 Å². The van der Waals surface area contributed by atoms with Gasteiger partial charge in [-0.1, -0.05) is 32.0 Å². The van der Waals surface area contributed by atoms with Gasteiger partial charge >= 0.3 is 6.18 Å². The number of hydrogen-bond donors (Lipinski definition) is 1. The van der Waals surface area contributed by atoms with Crippen LogP contribution in [0.3, 0.4) is 0 Å². The number of alkyl halides is 3. The molecule has 146 valence electrons. The molecule has 0 saturated carbocycles. The summed E-state index contributed by atoms with van der Waals surface area (Å²) < 4.78 is 39.4. The van der Waals surface area contributed by atoms with E-state index < -0.39 is 11.7 Å². The third-order valence-corrected chi connectivity index (χ3v) is 4.38. The number of pyridine rings is 1. The lowest BCUT2D eigenvalue weighted by molar-refractivity contribution is -0.137. The molecule has 3 rings (SSSR count). The fourth-order valence-corrected chi connectivity index (χ4v) is 2.85. The van der Waals surface area contributed by atoms with Crippen LogP contribution in [0.25, 0.3) is 5.82 Å². The number of para-hydroxylation sites is 1. The van der Waals surface area contributed by atoms with Crippen LogP contribution in [-0.4, -0.2) is 20.7 Å². The van der Waals surface area contributed by atoms with Crippen LogP contribution in [0.1, 0.15) is 46.9 Å². The Kier molecular flexibility index (Phi) is 5.22. The second-order valence-electron chi connectivity index (χ2n) is 6.65. The molecule has 8 heteroatoms. The van der Waals surface area contributed by atoms with Crippen molar-refractivity contribution in [2.24, 2.45) is 0 Å². The van der Waals surface area contributed by atoms with Crippen LogP contribution in [0.15, 0.2) is 48.8 Å². The molecule has 28 heavy (non-hydrogen) atoms. The van der Waals surface area contributed by atoms with Gasteiger partial charge in [0.2, 0.25) is 0 Å². The van der Waals surface area contributed by atoms with E-state index in [1.165, 1.54) is 16.9 Å². The van der Waals surface area contributed by atoms with Gasteiger partial charge in [-0.2, -0.15) is 18.3 Å². The van der Waals surface area contributed by atoms with Crippen LogP contribution in [0.5, 0.6) is 0 Å². The second-order valence-corrected chi connectivity index (χ2v) is 6.65. The maximum Gasteiger partial charge on any atom is 0.417 e. The maximum absolute atomic E-state index is 12.7. The van der Waals surface area contributed by atoms with E-state index in [1.807, 2.05) is 38.1 Å². The Labute approximate surface area is 160 Å². The lowest BCUT2D eigenvalue weighted by Crippen LogP contribution is -2.15. The molecule has 0 aliphatic rings. The quantitative estimate of drug-likeness (QED) is 0.686. The number of carbonyl (C=O) groups is 1. The summed E-state index contributed by atoms with van der Waals surface area (Å²) in [5, 5.41) is 6.99. The first-order valence-corrected chi connectivity index (χ1v) is 8.67. The lowest BCUT2D eigenvalue weighted by atomic mass is 10.0. The van der Waals surface area contributed by atoms with Crippen molar-refractivity contribution in [2.45, 2.75) is 32.9 Å². The van der Waals surface area contributed by atoms with Crippen LogP contribution in [0.4, 0.5) is 18.9 Å². The molecule has 0 unspecified atom stereocenters. The van der Waals surface area contributed by atoms with Crippen molar-refractivity contribution in [3.63, 3.8) is 0 Å². The zero-order valence-electron chi connectivity index (χ0n) is 15.6. The van der Waals surface area contributed by atoms with Gasteiger partial charge in [0.1, 0.15) is 0 Å². The molecule has 0 saturated heterocycles. The molecular weight excluding hydrogens is 369 g/mol. The normalized spacial score (nSPS) is 11.7. The molecule has 0 radical (unpaired) electrons. The average Bonchev–Trinajstić information content (AvgIpc) is 3.03. The van der Waals surface area contributed by atoms with Gasteiger partial charge in [-0.25, -0.2) is 9.67 Å². The number of nitrogens with one attached hydrogen (secondary N) is 1. The van der Waals surface area contributed by atoms with Crippen LogP contribution in [0.2, 0.25) is 0 Å². The first-order valence-electron chi connectivity index (χ1n) is 8.67. The standard InChI is InChI=1S/C20H19F3N4O/c1-12(2)15-6-4-5-7-17(15)26-19(28)16-11-25-27(13(16)3)18-9-8-14(10-24-18)20(21,22)23/h4-12H,1-3H3,(H,26,28). The van der Waals surface area contributed by atoms with E-state index in [2.05, 4.69) is 15.4 Å². The van der Waals surface area contributed by atoms with Crippen molar-refractivity contribution in [3.05, 3.63) is 71.2 Å². The monoisotopic (exact) mass is 388 g/mol. The SMILES string of the molecule is Cc1c(C(=O)Nc2ccccc2C(C)C)cnn1-c1ccc(C(F)(F)F)cn1. The Balaban J connectivity index is 1.86. The molecule has 1 aromatic carbocycles. The van der Waals surface area contributed by atoms with Gasteiger partial charge < -0.3 is 5.32 Å². The summed E-state index contributed by atoms with van der Waals surface area (Å²) in [4.78, 5) is 16.5. The molecule has 5 nitrogen and oxygen atoms in total. The third-order valence-electron chi connectivity index (χ3n) is 4.38. The molecule has 0 aliphatic heterocycles. The van der Waals surface area contributed by atoms with Gasteiger partial charge in [0, 0.05) is 11.9 Å². The number of halogens is 3. The highest BCUT2D eigenvalue weighted by Gasteiger charge is 2.30. The Morgan fingerprint density at radius 1 is 1.11 bits per heavy atom. The summed E-state index contributed by atoms with van der Waals surface area (Å²) >= 11 is 0. The van der Waals surface area contributed by atoms with Crippen molar-refractivity contribution in [2.75, 3.05) is 5.32 Å². The summed E-state index contributed by atoms with van der Waals surface area (Å²) in [7, 11) is 0. The maximum atomic E-state index is 12.7. The third kappa shape index (κ3) is 3.90. The first-order chi connectivity index (χ1) is 13.2. The number of anilines is 1. The van der Waals surface area contributed by atoms with Crippen LogP contribution in [-0.2, 0) is 6.18 Å². The highest BCUT2D eigenvalue weighted by Crippen LogP contribution is 2.29. The predicted octanol–water partition coefficient (Wildman–Crippen LogP) is 4.97. The number of benzene rings is 1. The van der Waals surface area contributed by atoms with E-state index >= 15 is 0 Å². The summed E-state index contributed by atoms with van der Waals surface area (Å²) in [6.07, 6.45) is -2.34. The summed E-state index contributed by atoms with van der Waals surface area (Å²) in [5.74, 6) is 0.0903. The first kappa shape index (κ1) is 19.6. The van der Waals surface area contributed by atoms with Gasteiger partial charge in [0.25, 0.3) is 5.91 Å². The highest BCUT2D eigenvalue weighted by molar-refractivity contribution is 6.05. The number of rotatable bonds is 4. The zero-order valence-corrected chi connectivity index (χ0v) is 15.6. The molecule has 3 aromatic rings. The van der Waals surface area contributed by atoms with Crippen molar-refractivity contribution in [1.29, 1.82) is 0 Å². The fourth-order valence-electron chi connectivity index (χ4n) is 2.85. The van der Waals surface area contributed by atoms with Gasteiger partial charge in [0.05, 0.1) is 23.0 Å². The smallest absolute Gasteiger partial charge is 0.322 e. The van der Waals surface area contributed by atoms with Gasteiger partial charge in [-0.15, -0.1) is 0 Å². The van der Waals surface area contributed by atoms with Gasteiger partial charge in [-0.3, -0.25) is 4.79 Å². The Morgan fingerprint density at radius 2 is 1.82 bits per heavy atom. The molecule has 2 aromatic heterocycles. The summed E-state index contributed by atoms with van der Waals surface area (Å²) in [6.45, 7) is 5.73. The van der Waals surface area contributed by atoms with Crippen LogP contribution >= 0.6 is 0 Å². The minimum atomic E-state index is -4.46. The number of amides is 1. The van der Waals surface area contributed by atoms with E-state index in [0.29, 0.717) is 16.9 Å². The fraction of sp³-hybridized carbons (Fsp3) is 0.250. The summed E-state index contributed by atoms with van der Waals surface area (Å²) in [5.41, 5.74) is 1.67. The molecule has 0 fully saturated rings. The number of nitrogens with zero attached hydrogens (tertiary/aromatic N) is 3. The van der Waals surface area contributed by atoms with E-state index in [0.717, 1.165) is 17.8 Å². The number of hydrogen-bond acceptors (Lipinski definition) is 3. The van der Waals surface area contributed by atoms with Crippen molar-refractivity contribution in [3.8, 4) is 5.82 Å².